The number of ether oxygens (including phenoxy) is 2. The maximum atomic E-state index is 5.50. The molecule has 2 bridgehead atoms. The Kier molecular flexibility index (Phi) is 2.90. The molecule has 17 heavy (non-hydrogen) atoms. The van der Waals surface area contributed by atoms with Gasteiger partial charge in [-0.05, 0) is 18.6 Å². The minimum absolute atomic E-state index is 0.487. The number of methoxy groups -OCH3 is 2. The molecule has 1 saturated carbocycles. The van der Waals surface area contributed by atoms with Gasteiger partial charge in [0.05, 0.1) is 14.2 Å². The van der Waals surface area contributed by atoms with Crippen molar-refractivity contribution in [1.29, 1.82) is 0 Å². The van der Waals surface area contributed by atoms with Crippen LogP contribution in [-0.4, -0.2) is 23.9 Å². The van der Waals surface area contributed by atoms with E-state index in [1.807, 2.05) is 12.1 Å². The SMILES string of the molecule is COc1ccc(OC)c2c1C1CC2C(Br)C1Br. The first-order valence-corrected chi connectivity index (χ1v) is 7.55. The van der Waals surface area contributed by atoms with Gasteiger partial charge in [-0.1, -0.05) is 31.9 Å². The lowest BCUT2D eigenvalue weighted by Gasteiger charge is -2.27. The first kappa shape index (κ1) is 11.8. The van der Waals surface area contributed by atoms with Crippen molar-refractivity contribution in [1.82, 2.24) is 0 Å². The summed E-state index contributed by atoms with van der Waals surface area (Å²) in [5.74, 6) is 3.06. The fourth-order valence-corrected chi connectivity index (χ4v) is 4.95. The fraction of sp³-hybridized carbons (Fsp3) is 0.538. The summed E-state index contributed by atoms with van der Waals surface area (Å²) in [7, 11) is 3.48. The first-order chi connectivity index (χ1) is 8.19. The molecule has 2 nitrogen and oxygen atoms in total. The third-order valence-corrected chi connectivity index (χ3v) is 7.09. The molecular formula is C13H14Br2O2. The van der Waals surface area contributed by atoms with E-state index in [0.717, 1.165) is 11.5 Å². The second-order valence-corrected chi connectivity index (χ2v) is 6.75. The van der Waals surface area contributed by atoms with Crippen molar-refractivity contribution in [2.45, 2.75) is 27.9 Å². The molecule has 0 aliphatic heterocycles. The summed E-state index contributed by atoms with van der Waals surface area (Å²) in [6.07, 6.45) is 1.18. The van der Waals surface area contributed by atoms with Gasteiger partial charge in [-0.2, -0.15) is 0 Å². The van der Waals surface area contributed by atoms with E-state index in [1.165, 1.54) is 17.5 Å². The number of hydrogen-bond donors (Lipinski definition) is 0. The summed E-state index contributed by atoms with van der Waals surface area (Å²) in [5.41, 5.74) is 2.68. The maximum absolute atomic E-state index is 5.50. The number of rotatable bonds is 2. The predicted molar refractivity (Wildman–Crippen MR) is 75.1 cm³/mol. The molecule has 0 amide bonds. The average molecular weight is 362 g/mol. The predicted octanol–water partition coefficient (Wildman–Crippen LogP) is 3.82. The second kappa shape index (κ2) is 4.16. The van der Waals surface area contributed by atoms with Crippen molar-refractivity contribution in [3.05, 3.63) is 23.3 Å². The van der Waals surface area contributed by atoms with Gasteiger partial charge in [0.2, 0.25) is 0 Å². The smallest absolute Gasteiger partial charge is 0.122 e. The van der Waals surface area contributed by atoms with Gasteiger partial charge in [0.1, 0.15) is 11.5 Å². The largest absolute Gasteiger partial charge is 0.496 e. The van der Waals surface area contributed by atoms with Crippen molar-refractivity contribution in [3.8, 4) is 11.5 Å². The molecular weight excluding hydrogens is 348 g/mol. The molecule has 1 aromatic rings. The third-order valence-electron chi connectivity index (χ3n) is 3.97. The summed E-state index contributed by atoms with van der Waals surface area (Å²) in [4.78, 5) is 0.974. The van der Waals surface area contributed by atoms with Crippen LogP contribution in [0.15, 0.2) is 12.1 Å². The Morgan fingerprint density at radius 1 is 0.941 bits per heavy atom. The van der Waals surface area contributed by atoms with Crippen molar-refractivity contribution in [2.75, 3.05) is 14.2 Å². The van der Waals surface area contributed by atoms with Crippen molar-refractivity contribution >= 4 is 31.9 Å². The van der Waals surface area contributed by atoms with E-state index in [1.54, 1.807) is 14.2 Å². The van der Waals surface area contributed by atoms with Crippen LogP contribution in [0.3, 0.4) is 0 Å². The molecule has 92 valence electrons. The van der Waals surface area contributed by atoms with Crippen molar-refractivity contribution in [3.63, 3.8) is 0 Å². The van der Waals surface area contributed by atoms with Crippen molar-refractivity contribution < 1.29 is 9.47 Å². The lowest BCUT2D eigenvalue weighted by atomic mass is 9.90. The van der Waals surface area contributed by atoms with Crippen molar-refractivity contribution in [2.24, 2.45) is 0 Å². The molecule has 0 aromatic heterocycles. The Morgan fingerprint density at radius 3 is 1.71 bits per heavy atom. The maximum Gasteiger partial charge on any atom is 0.122 e. The highest BCUT2D eigenvalue weighted by atomic mass is 79.9. The molecule has 0 heterocycles. The number of alkyl halides is 2. The monoisotopic (exact) mass is 360 g/mol. The Labute approximate surface area is 118 Å². The molecule has 2 aliphatic carbocycles. The fourth-order valence-electron chi connectivity index (χ4n) is 3.25. The Morgan fingerprint density at radius 2 is 1.35 bits per heavy atom. The Bertz CT molecular complexity index is 420. The van der Waals surface area contributed by atoms with Gasteiger partial charge < -0.3 is 9.47 Å². The van der Waals surface area contributed by atoms with Crippen LogP contribution in [-0.2, 0) is 0 Å². The topological polar surface area (TPSA) is 18.5 Å². The number of hydrogen-bond acceptors (Lipinski definition) is 2. The molecule has 4 atom stereocenters. The average Bonchev–Trinajstić information content (AvgIpc) is 2.87. The quantitative estimate of drug-likeness (QED) is 0.745. The molecule has 3 rings (SSSR count). The van der Waals surface area contributed by atoms with Crippen LogP contribution in [0, 0.1) is 0 Å². The third kappa shape index (κ3) is 1.49. The van der Waals surface area contributed by atoms with Crippen LogP contribution < -0.4 is 9.47 Å². The van der Waals surface area contributed by atoms with E-state index in [2.05, 4.69) is 31.9 Å². The Balaban J connectivity index is 2.21. The normalized spacial score (nSPS) is 33.6. The van der Waals surface area contributed by atoms with E-state index >= 15 is 0 Å². The van der Waals surface area contributed by atoms with Crippen LogP contribution in [0.5, 0.6) is 11.5 Å². The van der Waals surface area contributed by atoms with Gasteiger partial charge in [0, 0.05) is 32.6 Å². The second-order valence-electron chi connectivity index (χ2n) is 4.63. The van der Waals surface area contributed by atoms with E-state index in [-0.39, 0.29) is 0 Å². The molecule has 0 N–H and O–H groups in total. The van der Waals surface area contributed by atoms with Gasteiger partial charge in [-0.3, -0.25) is 0 Å². The molecule has 1 fully saturated rings. The highest BCUT2D eigenvalue weighted by Crippen LogP contribution is 2.62. The highest BCUT2D eigenvalue weighted by Gasteiger charge is 2.51. The summed E-state index contributed by atoms with van der Waals surface area (Å²) in [5, 5.41) is 0. The lowest BCUT2D eigenvalue weighted by molar-refractivity contribution is 0.392. The van der Waals surface area contributed by atoms with E-state index in [9.17, 15) is 0 Å². The van der Waals surface area contributed by atoms with Gasteiger partial charge in [-0.25, -0.2) is 0 Å². The Hall–Kier alpha value is -0.220. The lowest BCUT2D eigenvalue weighted by Crippen LogP contribution is -2.22. The summed E-state index contributed by atoms with van der Waals surface area (Å²) < 4.78 is 11.0. The van der Waals surface area contributed by atoms with E-state index < -0.39 is 0 Å². The first-order valence-electron chi connectivity index (χ1n) is 5.72. The minimum atomic E-state index is 0.487. The van der Waals surface area contributed by atoms with E-state index in [0.29, 0.717) is 21.5 Å². The van der Waals surface area contributed by atoms with Gasteiger partial charge in [0.15, 0.2) is 0 Å². The molecule has 1 aromatic carbocycles. The number of halogens is 2. The van der Waals surface area contributed by atoms with Crippen LogP contribution in [0.25, 0.3) is 0 Å². The van der Waals surface area contributed by atoms with Crippen LogP contribution in [0.4, 0.5) is 0 Å². The molecule has 0 spiro atoms. The van der Waals surface area contributed by atoms with Crippen LogP contribution >= 0.6 is 31.9 Å². The summed E-state index contributed by atoms with van der Waals surface area (Å²) in [6.45, 7) is 0. The molecule has 0 saturated heterocycles. The molecule has 2 aliphatic rings. The number of fused-ring (bicyclic) bond motifs is 5. The zero-order chi connectivity index (χ0) is 12.2. The minimum Gasteiger partial charge on any atom is -0.496 e. The number of benzene rings is 1. The standard InChI is InChI=1S/C13H14Br2O2/c1-16-8-3-4-9(17-2)11-7-5-6(10(8)11)12(14)13(7)15/h3-4,6-7,12-13H,5H2,1-2H3. The van der Waals surface area contributed by atoms with Crippen LogP contribution in [0.2, 0.25) is 0 Å². The molecule has 4 heteroatoms. The van der Waals surface area contributed by atoms with E-state index in [4.69, 9.17) is 9.47 Å². The van der Waals surface area contributed by atoms with Gasteiger partial charge >= 0.3 is 0 Å². The zero-order valence-electron chi connectivity index (χ0n) is 9.74. The van der Waals surface area contributed by atoms with Gasteiger partial charge in [-0.15, -0.1) is 0 Å². The highest BCUT2D eigenvalue weighted by molar-refractivity contribution is 9.12. The van der Waals surface area contributed by atoms with Crippen LogP contribution in [0.1, 0.15) is 29.4 Å². The molecule has 0 radical (unpaired) electrons. The molecule has 4 unspecified atom stereocenters. The summed E-state index contributed by atoms with van der Waals surface area (Å²) >= 11 is 7.59. The van der Waals surface area contributed by atoms with Gasteiger partial charge in [0.25, 0.3) is 0 Å². The summed E-state index contributed by atoms with van der Waals surface area (Å²) in [6, 6.07) is 4.03. The zero-order valence-corrected chi connectivity index (χ0v) is 12.9.